The van der Waals surface area contributed by atoms with Gasteiger partial charge in [0.2, 0.25) is 0 Å². The van der Waals surface area contributed by atoms with E-state index in [0.29, 0.717) is 6.42 Å². The molecule has 0 fully saturated rings. The molecule has 0 aromatic carbocycles. The highest BCUT2D eigenvalue weighted by Gasteiger charge is 2.33. The molecule has 0 heterocycles. The zero-order chi connectivity index (χ0) is 8.91. The standard InChI is InChI=1S/C8H14F2O/c1-4-5-6-11-8(9,10)7(2)3/h4,7H,1,5-6H2,2-3H3. The van der Waals surface area contributed by atoms with Crippen molar-refractivity contribution in [2.75, 3.05) is 6.61 Å². The number of ether oxygens (including phenoxy) is 1. The van der Waals surface area contributed by atoms with Gasteiger partial charge in [0.05, 0.1) is 6.61 Å². The minimum absolute atomic E-state index is 0.0364. The van der Waals surface area contributed by atoms with E-state index < -0.39 is 12.0 Å². The smallest absolute Gasteiger partial charge is 0.320 e. The van der Waals surface area contributed by atoms with E-state index >= 15 is 0 Å². The minimum Gasteiger partial charge on any atom is -0.320 e. The van der Waals surface area contributed by atoms with Crippen LogP contribution in [-0.2, 0) is 4.74 Å². The molecule has 0 atom stereocenters. The third-order valence-electron chi connectivity index (χ3n) is 1.29. The summed E-state index contributed by atoms with van der Waals surface area (Å²) in [4.78, 5) is 0. The zero-order valence-corrected chi connectivity index (χ0v) is 6.94. The van der Waals surface area contributed by atoms with Gasteiger partial charge in [0.15, 0.2) is 0 Å². The molecule has 0 rings (SSSR count). The van der Waals surface area contributed by atoms with Crippen molar-refractivity contribution >= 4 is 0 Å². The first kappa shape index (κ1) is 10.6. The molecule has 0 N–H and O–H groups in total. The highest BCUT2D eigenvalue weighted by Crippen LogP contribution is 2.25. The molecule has 0 aromatic rings. The van der Waals surface area contributed by atoms with Crippen LogP contribution in [0.5, 0.6) is 0 Å². The van der Waals surface area contributed by atoms with Crippen LogP contribution in [0.25, 0.3) is 0 Å². The minimum atomic E-state index is -3.00. The van der Waals surface area contributed by atoms with Crippen molar-refractivity contribution in [3.63, 3.8) is 0 Å². The van der Waals surface area contributed by atoms with E-state index in [-0.39, 0.29) is 6.61 Å². The van der Waals surface area contributed by atoms with Gasteiger partial charge < -0.3 is 4.74 Å². The van der Waals surface area contributed by atoms with Crippen LogP contribution in [0.1, 0.15) is 20.3 Å². The van der Waals surface area contributed by atoms with Gasteiger partial charge in [-0.2, -0.15) is 8.78 Å². The molecule has 66 valence electrons. The molecule has 0 aromatic heterocycles. The molecule has 0 aliphatic rings. The molecule has 0 aliphatic carbocycles. The molecule has 11 heavy (non-hydrogen) atoms. The average molecular weight is 164 g/mol. The van der Waals surface area contributed by atoms with Gasteiger partial charge in [0.25, 0.3) is 0 Å². The van der Waals surface area contributed by atoms with Crippen LogP contribution < -0.4 is 0 Å². The largest absolute Gasteiger partial charge is 0.357 e. The molecule has 3 heteroatoms. The third-order valence-corrected chi connectivity index (χ3v) is 1.29. The lowest BCUT2D eigenvalue weighted by atomic mass is 10.2. The quantitative estimate of drug-likeness (QED) is 0.448. The Morgan fingerprint density at radius 1 is 1.55 bits per heavy atom. The van der Waals surface area contributed by atoms with E-state index in [2.05, 4.69) is 11.3 Å². The first-order chi connectivity index (χ1) is 5.00. The van der Waals surface area contributed by atoms with Crippen molar-refractivity contribution in [2.24, 2.45) is 5.92 Å². The first-order valence-electron chi connectivity index (χ1n) is 3.63. The van der Waals surface area contributed by atoms with E-state index in [1.165, 1.54) is 13.8 Å². The summed E-state index contributed by atoms with van der Waals surface area (Å²) in [6.07, 6.45) is -0.984. The fourth-order valence-corrected chi connectivity index (χ4v) is 0.445. The summed E-state index contributed by atoms with van der Waals surface area (Å²) in [5.74, 6) is -0.771. The maximum atomic E-state index is 12.6. The number of hydrogen-bond donors (Lipinski definition) is 0. The van der Waals surface area contributed by atoms with Crippen molar-refractivity contribution in [3.8, 4) is 0 Å². The van der Waals surface area contributed by atoms with E-state index in [1.807, 2.05) is 0 Å². The number of alkyl halides is 2. The van der Waals surface area contributed by atoms with Gasteiger partial charge in [-0.1, -0.05) is 19.9 Å². The highest BCUT2D eigenvalue weighted by molar-refractivity contribution is 4.66. The van der Waals surface area contributed by atoms with Gasteiger partial charge >= 0.3 is 6.11 Å². The second-order valence-electron chi connectivity index (χ2n) is 2.64. The van der Waals surface area contributed by atoms with Crippen LogP contribution in [0, 0.1) is 5.92 Å². The molecule has 0 saturated carbocycles. The van der Waals surface area contributed by atoms with Crippen LogP contribution in [0.2, 0.25) is 0 Å². The Bertz CT molecular complexity index is 121. The van der Waals surface area contributed by atoms with E-state index in [1.54, 1.807) is 6.08 Å². The summed E-state index contributed by atoms with van der Waals surface area (Å²) in [7, 11) is 0. The van der Waals surface area contributed by atoms with Crippen molar-refractivity contribution in [1.82, 2.24) is 0 Å². The lowest BCUT2D eigenvalue weighted by molar-refractivity contribution is -0.263. The summed E-state index contributed by atoms with van der Waals surface area (Å²) in [6, 6.07) is 0. The van der Waals surface area contributed by atoms with Crippen molar-refractivity contribution in [3.05, 3.63) is 12.7 Å². The van der Waals surface area contributed by atoms with Crippen LogP contribution in [-0.4, -0.2) is 12.7 Å². The lowest BCUT2D eigenvalue weighted by Gasteiger charge is -2.19. The van der Waals surface area contributed by atoms with Gasteiger partial charge in [-0.25, -0.2) is 0 Å². The molecule has 0 saturated heterocycles. The van der Waals surface area contributed by atoms with Gasteiger partial charge in [0, 0.05) is 5.92 Å². The highest BCUT2D eigenvalue weighted by atomic mass is 19.3. The zero-order valence-electron chi connectivity index (χ0n) is 6.94. The number of hydrogen-bond acceptors (Lipinski definition) is 1. The molecule has 1 nitrogen and oxygen atoms in total. The van der Waals surface area contributed by atoms with Crippen molar-refractivity contribution < 1.29 is 13.5 Å². The lowest BCUT2D eigenvalue weighted by Crippen LogP contribution is -2.27. The van der Waals surface area contributed by atoms with E-state index in [4.69, 9.17) is 0 Å². The topological polar surface area (TPSA) is 9.23 Å². The van der Waals surface area contributed by atoms with Crippen LogP contribution in [0.4, 0.5) is 8.78 Å². The Hall–Kier alpha value is -0.440. The molecule has 0 unspecified atom stereocenters. The molecule has 0 aliphatic heterocycles. The Morgan fingerprint density at radius 3 is 2.45 bits per heavy atom. The summed E-state index contributed by atoms with van der Waals surface area (Å²) < 4.78 is 29.6. The average Bonchev–Trinajstić information content (AvgIpc) is 1.88. The maximum absolute atomic E-state index is 12.6. The van der Waals surface area contributed by atoms with Gasteiger partial charge in [-0.3, -0.25) is 0 Å². The molecule has 0 spiro atoms. The summed E-state index contributed by atoms with van der Waals surface area (Å²) >= 11 is 0. The second kappa shape index (κ2) is 4.44. The van der Waals surface area contributed by atoms with E-state index in [9.17, 15) is 8.78 Å². The monoisotopic (exact) mass is 164 g/mol. The van der Waals surface area contributed by atoms with Crippen LogP contribution in [0.3, 0.4) is 0 Å². The Kier molecular flexibility index (Phi) is 4.26. The van der Waals surface area contributed by atoms with Crippen molar-refractivity contribution in [1.29, 1.82) is 0 Å². The maximum Gasteiger partial charge on any atom is 0.357 e. The molecular formula is C8H14F2O. The Labute approximate surface area is 66.0 Å². The van der Waals surface area contributed by atoms with Gasteiger partial charge in [-0.15, -0.1) is 6.58 Å². The molecule has 0 radical (unpaired) electrons. The predicted molar refractivity (Wildman–Crippen MR) is 40.6 cm³/mol. The summed E-state index contributed by atoms with van der Waals surface area (Å²) in [6.45, 7) is 6.29. The molecule has 0 bridgehead atoms. The second-order valence-corrected chi connectivity index (χ2v) is 2.64. The van der Waals surface area contributed by atoms with Crippen molar-refractivity contribution in [2.45, 2.75) is 26.4 Å². The number of rotatable bonds is 5. The van der Waals surface area contributed by atoms with Gasteiger partial charge in [0.1, 0.15) is 0 Å². The fraction of sp³-hybridized carbons (Fsp3) is 0.750. The molecular weight excluding hydrogens is 150 g/mol. The SMILES string of the molecule is C=CCCOC(F)(F)C(C)C. The predicted octanol–water partition coefficient (Wildman–Crippen LogP) is 2.83. The Morgan fingerprint density at radius 2 is 2.09 bits per heavy atom. The fourth-order valence-electron chi connectivity index (χ4n) is 0.445. The molecule has 0 amide bonds. The van der Waals surface area contributed by atoms with Crippen LogP contribution in [0.15, 0.2) is 12.7 Å². The third kappa shape index (κ3) is 4.09. The summed E-state index contributed by atoms with van der Waals surface area (Å²) in [5.41, 5.74) is 0. The van der Waals surface area contributed by atoms with E-state index in [0.717, 1.165) is 0 Å². The summed E-state index contributed by atoms with van der Waals surface area (Å²) in [5, 5.41) is 0. The van der Waals surface area contributed by atoms with Gasteiger partial charge in [-0.05, 0) is 6.42 Å². The normalized spacial score (nSPS) is 12.1. The Balaban J connectivity index is 3.63. The number of halogens is 2. The first-order valence-corrected chi connectivity index (χ1v) is 3.63. The van der Waals surface area contributed by atoms with Crippen LogP contribution >= 0.6 is 0 Å².